The summed E-state index contributed by atoms with van der Waals surface area (Å²) in [4.78, 5) is 12.6. The lowest BCUT2D eigenvalue weighted by molar-refractivity contribution is -0.120. The molecule has 7 nitrogen and oxygen atoms in total. The van der Waals surface area contributed by atoms with E-state index >= 15 is 0 Å². The molecule has 0 aliphatic heterocycles. The topological polar surface area (TPSA) is 84.9 Å². The van der Waals surface area contributed by atoms with Crippen molar-refractivity contribution >= 4 is 44.8 Å². The second-order valence-electron chi connectivity index (χ2n) is 6.25. The molecular formula is C19H22Cl2N2O5S. The summed E-state index contributed by atoms with van der Waals surface area (Å²) in [6, 6.07) is 9.43. The zero-order chi connectivity index (χ0) is 21.8. The summed E-state index contributed by atoms with van der Waals surface area (Å²) in [5.74, 6) is 0.581. The first-order valence-corrected chi connectivity index (χ1v) is 11.1. The van der Waals surface area contributed by atoms with Gasteiger partial charge in [-0.1, -0.05) is 35.3 Å². The lowest BCUT2D eigenvalue weighted by Gasteiger charge is -2.24. The Bertz CT molecular complexity index is 998. The third-order valence-corrected chi connectivity index (χ3v) is 6.11. The number of benzene rings is 2. The Morgan fingerprint density at radius 3 is 2.38 bits per heavy atom. The lowest BCUT2D eigenvalue weighted by Crippen LogP contribution is -2.41. The molecule has 0 heterocycles. The van der Waals surface area contributed by atoms with Gasteiger partial charge in [0, 0.05) is 0 Å². The zero-order valence-electron chi connectivity index (χ0n) is 16.4. The number of halogens is 2. The Morgan fingerprint density at radius 1 is 1.14 bits per heavy atom. The van der Waals surface area contributed by atoms with Crippen molar-refractivity contribution in [1.29, 1.82) is 0 Å². The molecule has 2 aromatic rings. The number of nitrogens with one attached hydrogen (secondary N) is 1. The van der Waals surface area contributed by atoms with Gasteiger partial charge in [0.15, 0.2) is 11.5 Å². The van der Waals surface area contributed by atoms with E-state index in [4.69, 9.17) is 32.7 Å². The molecule has 0 aliphatic carbocycles. The molecule has 0 saturated heterocycles. The molecule has 0 bridgehead atoms. The van der Waals surface area contributed by atoms with Crippen molar-refractivity contribution in [3.05, 3.63) is 52.0 Å². The van der Waals surface area contributed by atoms with Gasteiger partial charge in [0.05, 0.1) is 42.2 Å². The minimum atomic E-state index is -3.78. The molecule has 1 atom stereocenters. The molecule has 10 heteroatoms. The smallest absolute Gasteiger partial charge is 0.241 e. The van der Waals surface area contributed by atoms with E-state index in [0.717, 1.165) is 16.1 Å². The predicted molar refractivity (Wildman–Crippen MR) is 115 cm³/mol. The number of anilines is 1. The summed E-state index contributed by atoms with van der Waals surface area (Å²) >= 11 is 12.1. The van der Waals surface area contributed by atoms with Gasteiger partial charge in [-0.2, -0.15) is 0 Å². The SMILES string of the molecule is COc1ccc([C@H](C)NC(=O)CN(c2cccc(Cl)c2Cl)S(C)(=O)=O)cc1OC. The molecular weight excluding hydrogens is 439 g/mol. The van der Waals surface area contributed by atoms with Crippen LogP contribution in [0.2, 0.25) is 10.0 Å². The maximum atomic E-state index is 12.6. The van der Waals surface area contributed by atoms with E-state index in [2.05, 4.69) is 5.32 Å². The Balaban J connectivity index is 2.21. The molecule has 0 unspecified atom stereocenters. The molecule has 0 fully saturated rings. The van der Waals surface area contributed by atoms with Gasteiger partial charge < -0.3 is 14.8 Å². The van der Waals surface area contributed by atoms with E-state index < -0.39 is 28.5 Å². The van der Waals surface area contributed by atoms with Gasteiger partial charge in [-0.3, -0.25) is 9.10 Å². The predicted octanol–water partition coefficient (Wildman–Crippen LogP) is 3.65. The number of sulfonamides is 1. The van der Waals surface area contributed by atoms with Crippen LogP contribution in [0.15, 0.2) is 36.4 Å². The maximum Gasteiger partial charge on any atom is 0.241 e. The molecule has 0 saturated carbocycles. The molecule has 2 aromatic carbocycles. The van der Waals surface area contributed by atoms with Crippen LogP contribution in [0, 0.1) is 0 Å². The molecule has 158 valence electrons. The van der Waals surface area contributed by atoms with Crippen molar-refractivity contribution < 1.29 is 22.7 Å². The summed E-state index contributed by atoms with van der Waals surface area (Å²) in [5.41, 5.74) is 0.901. The van der Waals surface area contributed by atoms with Gasteiger partial charge in [0.1, 0.15) is 6.54 Å². The third kappa shape index (κ3) is 5.68. The third-order valence-electron chi connectivity index (χ3n) is 4.17. The molecule has 29 heavy (non-hydrogen) atoms. The average molecular weight is 461 g/mol. The van der Waals surface area contributed by atoms with Crippen LogP contribution in [-0.4, -0.2) is 41.3 Å². The first-order chi connectivity index (χ1) is 13.6. The number of rotatable bonds is 8. The van der Waals surface area contributed by atoms with Crippen LogP contribution in [0.25, 0.3) is 0 Å². The van der Waals surface area contributed by atoms with E-state index in [0.29, 0.717) is 11.5 Å². The van der Waals surface area contributed by atoms with Crippen molar-refractivity contribution in [3.8, 4) is 11.5 Å². The van der Waals surface area contributed by atoms with Gasteiger partial charge in [0.25, 0.3) is 0 Å². The molecule has 2 rings (SSSR count). The highest BCUT2D eigenvalue weighted by Gasteiger charge is 2.24. The zero-order valence-corrected chi connectivity index (χ0v) is 18.7. The van der Waals surface area contributed by atoms with Gasteiger partial charge in [-0.15, -0.1) is 0 Å². The number of nitrogens with zero attached hydrogens (tertiary/aromatic N) is 1. The van der Waals surface area contributed by atoms with E-state index in [1.165, 1.54) is 26.4 Å². The second-order valence-corrected chi connectivity index (χ2v) is 8.94. The standard InChI is InChI=1S/C19H22Cl2N2O5S/c1-12(13-8-9-16(27-2)17(10-13)28-3)22-18(24)11-23(29(4,25)26)15-7-5-6-14(20)19(15)21/h5-10,12H,11H2,1-4H3,(H,22,24)/t12-/m0/s1. The van der Waals surface area contributed by atoms with Crippen LogP contribution in [0.1, 0.15) is 18.5 Å². The van der Waals surface area contributed by atoms with Crippen LogP contribution in [-0.2, 0) is 14.8 Å². The molecule has 1 N–H and O–H groups in total. The molecule has 0 aliphatic rings. The summed E-state index contributed by atoms with van der Waals surface area (Å²) in [6.07, 6.45) is 0.995. The average Bonchev–Trinajstić information content (AvgIpc) is 2.67. The molecule has 1 amide bonds. The van der Waals surface area contributed by atoms with Gasteiger partial charge >= 0.3 is 0 Å². The Morgan fingerprint density at radius 2 is 1.79 bits per heavy atom. The van der Waals surface area contributed by atoms with Gasteiger partial charge in [-0.05, 0) is 36.8 Å². The van der Waals surface area contributed by atoms with E-state index in [1.807, 2.05) is 0 Å². The maximum absolute atomic E-state index is 12.6. The van der Waals surface area contributed by atoms with Crippen molar-refractivity contribution in [1.82, 2.24) is 5.32 Å². The van der Waals surface area contributed by atoms with E-state index in [1.54, 1.807) is 31.2 Å². The van der Waals surface area contributed by atoms with Crippen molar-refractivity contribution in [2.75, 3.05) is 31.3 Å². The van der Waals surface area contributed by atoms with Crippen molar-refractivity contribution in [2.45, 2.75) is 13.0 Å². The first kappa shape index (κ1) is 23.1. The Kier molecular flexibility index (Phi) is 7.62. The minimum Gasteiger partial charge on any atom is -0.493 e. The quantitative estimate of drug-likeness (QED) is 0.649. The highest BCUT2D eigenvalue weighted by Crippen LogP contribution is 2.34. The molecule has 0 aromatic heterocycles. The largest absolute Gasteiger partial charge is 0.493 e. The number of carbonyl (C=O) groups excluding carboxylic acids is 1. The van der Waals surface area contributed by atoms with Crippen molar-refractivity contribution in [2.24, 2.45) is 0 Å². The van der Waals surface area contributed by atoms with Crippen LogP contribution < -0.4 is 19.1 Å². The monoisotopic (exact) mass is 460 g/mol. The van der Waals surface area contributed by atoms with Crippen LogP contribution in [0.3, 0.4) is 0 Å². The summed E-state index contributed by atoms with van der Waals surface area (Å²) in [6.45, 7) is 1.33. The molecule has 0 radical (unpaired) electrons. The Labute approximate surface area is 180 Å². The fourth-order valence-electron chi connectivity index (χ4n) is 2.69. The van der Waals surface area contributed by atoms with Crippen LogP contribution >= 0.6 is 23.2 Å². The molecule has 0 spiro atoms. The van der Waals surface area contributed by atoms with Crippen molar-refractivity contribution in [3.63, 3.8) is 0 Å². The fraction of sp³-hybridized carbons (Fsp3) is 0.316. The number of hydrogen-bond donors (Lipinski definition) is 1. The summed E-state index contributed by atoms with van der Waals surface area (Å²) in [5, 5.41) is 3.02. The summed E-state index contributed by atoms with van der Waals surface area (Å²) < 4.78 is 35.9. The first-order valence-electron chi connectivity index (χ1n) is 8.51. The van der Waals surface area contributed by atoms with E-state index in [9.17, 15) is 13.2 Å². The number of methoxy groups -OCH3 is 2. The van der Waals surface area contributed by atoms with Crippen LogP contribution in [0.5, 0.6) is 11.5 Å². The number of amides is 1. The van der Waals surface area contributed by atoms with Crippen LogP contribution in [0.4, 0.5) is 5.69 Å². The minimum absolute atomic E-state index is 0.0559. The number of carbonyl (C=O) groups is 1. The summed E-state index contributed by atoms with van der Waals surface area (Å²) in [7, 11) is -0.731. The van der Waals surface area contributed by atoms with Gasteiger partial charge in [0.2, 0.25) is 15.9 Å². The second kappa shape index (κ2) is 9.56. The highest BCUT2D eigenvalue weighted by atomic mass is 35.5. The normalized spacial score (nSPS) is 12.2. The van der Waals surface area contributed by atoms with Gasteiger partial charge in [-0.25, -0.2) is 8.42 Å². The number of hydrogen-bond acceptors (Lipinski definition) is 5. The fourth-order valence-corrected chi connectivity index (χ4v) is 4.00. The lowest BCUT2D eigenvalue weighted by atomic mass is 10.1. The highest BCUT2D eigenvalue weighted by molar-refractivity contribution is 7.92. The Hall–Kier alpha value is -2.16. The van der Waals surface area contributed by atoms with E-state index in [-0.39, 0.29) is 15.7 Å². The number of ether oxygens (including phenoxy) is 2.